The molecule has 11 heteroatoms. The maximum Gasteiger partial charge on any atom is 0.478 e. The van der Waals surface area contributed by atoms with Crippen LogP contribution in [-0.4, -0.2) is 68.8 Å². The fraction of sp³-hybridized carbons (Fsp3) is 0.346. The number of nitrogens with zero attached hydrogens (tertiary/aromatic N) is 4. The van der Waals surface area contributed by atoms with Crippen LogP contribution in [0.2, 0.25) is 0 Å². The number of hydrogen-bond acceptors (Lipinski definition) is 8. The van der Waals surface area contributed by atoms with Crippen LogP contribution in [0.25, 0.3) is 0 Å². The summed E-state index contributed by atoms with van der Waals surface area (Å²) in [6, 6.07) is 9.26. The standard InChI is InChI=1S/C26H32BN5O5/c1-2-3-5-12-28-14-15-32(18-21-7-4-6-13-29-21)19-22-9-8-20(17-30-22)26(35)31-24-11-10-23(16-25(33)34)37-27(24)36/h2-9,12-14,17,23-24,36H,10-11,15-16,18-19H2,1H3,(H,31,35)(H,33,34)/b3-2-,12-5-,28-14?. The summed E-state index contributed by atoms with van der Waals surface area (Å²) in [6.45, 7) is 3.67. The zero-order valence-electron chi connectivity index (χ0n) is 20.8. The molecular formula is C26H32BN5O5. The Balaban J connectivity index is 1.58. The third kappa shape index (κ3) is 9.72. The number of aromatic nitrogens is 2. The van der Waals surface area contributed by atoms with Crippen LogP contribution in [0, 0.1) is 0 Å². The molecule has 1 aliphatic heterocycles. The lowest BCUT2D eigenvalue weighted by Gasteiger charge is -2.30. The molecule has 0 bridgehead atoms. The number of rotatable bonds is 12. The number of aliphatic carboxylic acids is 1. The first-order valence-corrected chi connectivity index (χ1v) is 12.2. The average Bonchev–Trinajstić information content (AvgIpc) is 2.88. The lowest BCUT2D eigenvalue weighted by molar-refractivity contribution is -0.139. The highest BCUT2D eigenvalue weighted by Crippen LogP contribution is 2.19. The van der Waals surface area contributed by atoms with Crippen LogP contribution in [0.5, 0.6) is 0 Å². The number of carbonyl (C=O) groups excluding carboxylic acids is 1. The van der Waals surface area contributed by atoms with Crippen LogP contribution in [0.3, 0.4) is 0 Å². The fourth-order valence-electron chi connectivity index (χ4n) is 3.83. The molecule has 3 N–H and O–H groups in total. The Bertz CT molecular complexity index is 1090. The minimum Gasteiger partial charge on any atom is -0.481 e. The van der Waals surface area contributed by atoms with E-state index in [2.05, 4.69) is 25.2 Å². The van der Waals surface area contributed by atoms with Crippen molar-refractivity contribution in [1.82, 2.24) is 20.2 Å². The summed E-state index contributed by atoms with van der Waals surface area (Å²) in [7, 11) is -1.26. The number of amides is 1. The van der Waals surface area contributed by atoms with Gasteiger partial charge in [0, 0.05) is 44.4 Å². The predicted octanol–water partition coefficient (Wildman–Crippen LogP) is 2.41. The molecule has 1 amide bonds. The van der Waals surface area contributed by atoms with Crippen molar-refractivity contribution in [2.45, 2.75) is 51.3 Å². The summed E-state index contributed by atoms with van der Waals surface area (Å²) in [5.74, 6) is -1.99. The molecule has 0 spiro atoms. The summed E-state index contributed by atoms with van der Waals surface area (Å²) in [5, 5.41) is 21.8. The molecule has 194 valence electrons. The van der Waals surface area contributed by atoms with E-state index in [1.807, 2.05) is 49.6 Å². The van der Waals surface area contributed by atoms with E-state index in [0.717, 1.165) is 11.4 Å². The second-order valence-electron chi connectivity index (χ2n) is 8.63. The van der Waals surface area contributed by atoms with Gasteiger partial charge in [0.15, 0.2) is 0 Å². The maximum absolute atomic E-state index is 12.7. The number of carbonyl (C=O) groups is 2. The van der Waals surface area contributed by atoms with Gasteiger partial charge < -0.3 is 20.1 Å². The Morgan fingerprint density at radius 2 is 2.00 bits per heavy atom. The number of pyridine rings is 2. The van der Waals surface area contributed by atoms with Crippen LogP contribution in [0.4, 0.5) is 0 Å². The first-order chi connectivity index (χ1) is 17.9. The van der Waals surface area contributed by atoms with E-state index in [4.69, 9.17) is 9.76 Å². The molecule has 10 nitrogen and oxygen atoms in total. The number of hydrogen-bond donors (Lipinski definition) is 3. The third-order valence-corrected chi connectivity index (χ3v) is 5.70. The molecule has 0 aromatic carbocycles. The van der Waals surface area contributed by atoms with Gasteiger partial charge >= 0.3 is 13.1 Å². The third-order valence-electron chi connectivity index (χ3n) is 5.70. The fourth-order valence-corrected chi connectivity index (χ4v) is 3.83. The van der Waals surface area contributed by atoms with Gasteiger partial charge in [0.1, 0.15) is 0 Å². The maximum atomic E-state index is 12.7. The number of aliphatic imine (C=N–C) groups is 1. The van der Waals surface area contributed by atoms with Gasteiger partial charge in [-0.05, 0) is 50.1 Å². The highest BCUT2D eigenvalue weighted by Gasteiger charge is 2.36. The molecule has 2 unspecified atom stereocenters. The van der Waals surface area contributed by atoms with E-state index >= 15 is 0 Å². The lowest BCUT2D eigenvalue weighted by atomic mass is 9.72. The van der Waals surface area contributed by atoms with Crippen LogP contribution in [0.15, 0.2) is 72.1 Å². The van der Waals surface area contributed by atoms with E-state index in [1.165, 1.54) is 6.20 Å². The predicted molar refractivity (Wildman–Crippen MR) is 141 cm³/mol. The van der Waals surface area contributed by atoms with Crippen molar-refractivity contribution in [2.24, 2.45) is 4.99 Å². The van der Waals surface area contributed by atoms with Crippen molar-refractivity contribution in [2.75, 3.05) is 6.54 Å². The smallest absolute Gasteiger partial charge is 0.478 e. The molecule has 0 saturated carbocycles. The summed E-state index contributed by atoms with van der Waals surface area (Å²) in [5.41, 5.74) is 2.06. The van der Waals surface area contributed by atoms with Crippen molar-refractivity contribution >= 4 is 25.2 Å². The van der Waals surface area contributed by atoms with E-state index < -0.39 is 25.1 Å². The summed E-state index contributed by atoms with van der Waals surface area (Å²) in [4.78, 5) is 38.8. The molecule has 2 aromatic rings. The van der Waals surface area contributed by atoms with E-state index in [1.54, 1.807) is 24.5 Å². The van der Waals surface area contributed by atoms with Gasteiger partial charge in [-0.1, -0.05) is 18.2 Å². The number of allylic oxidation sites excluding steroid dienone is 3. The minimum atomic E-state index is -1.26. The van der Waals surface area contributed by atoms with Gasteiger partial charge in [-0.25, -0.2) is 0 Å². The molecule has 1 aliphatic rings. The molecule has 3 rings (SSSR count). The van der Waals surface area contributed by atoms with Crippen molar-refractivity contribution < 1.29 is 24.4 Å². The molecule has 0 radical (unpaired) electrons. The molecule has 2 aromatic heterocycles. The summed E-state index contributed by atoms with van der Waals surface area (Å²) < 4.78 is 5.33. The van der Waals surface area contributed by atoms with Gasteiger partial charge in [-0.15, -0.1) is 0 Å². The second kappa shape index (κ2) is 14.8. The SMILES string of the molecule is C/C=C\C=C/N=CCN(Cc1ccccn1)Cc1ccc(C(=O)NC2CCC(CC(=O)O)OB2O)cn1. The average molecular weight is 505 g/mol. The van der Waals surface area contributed by atoms with Gasteiger partial charge in [0.25, 0.3) is 5.91 Å². The Morgan fingerprint density at radius 1 is 1.19 bits per heavy atom. The number of nitrogens with one attached hydrogen (secondary N) is 1. The number of carboxylic acids is 1. The van der Waals surface area contributed by atoms with E-state index in [0.29, 0.717) is 38.0 Å². The zero-order chi connectivity index (χ0) is 26.5. The largest absolute Gasteiger partial charge is 0.481 e. The Morgan fingerprint density at radius 3 is 2.65 bits per heavy atom. The van der Waals surface area contributed by atoms with E-state index in [9.17, 15) is 14.6 Å². The molecule has 37 heavy (non-hydrogen) atoms. The Kier molecular flexibility index (Phi) is 11.2. The second-order valence-corrected chi connectivity index (χ2v) is 8.63. The Labute approximate surface area is 217 Å². The molecule has 3 heterocycles. The topological polar surface area (TPSA) is 137 Å². The van der Waals surface area contributed by atoms with Crippen molar-refractivity contribution in [3.05, 3.63) is 84.1 Å². The first-order valence-electron chi connectivity index (χ1n) is 12.2. The van der Waals surface area contributed by atoms with Crippen molar-refractivity contribution in [3.8, 4) is 0 Å². The molecule has 1 saturated heterocycles. The van der Waals surface area contributed by atoms with E-state index in [-0.39, 0.29) is 12.3 Å². The monoisotopic (exact) mass is 505 g/mol. The highest BCUT2D eigenvalue weighted by molar-refractivity contribution is 6.45. The van der Waals surface area contributed by atoms with Gasteiger partial charge in [-0.2, -0.15) is 0 Å². The summed E-state index contributed by atoms with van der Waals surface area (Å²) >= 11 is 0. The number of carboxylic acid groups (broad SMARTS) is 1. The molecular weight excluding hydrogens is 473 g/mol. The zero-order valence-corrected chi connectivity index (χ0v) is 20.8. The minimum absolute atomic E-state index is 0.181. The normalized spacial score (nSPS) is 18.3. The highest BCUT2D eigenvalue weighted by atomic mass is 16.5. The molecule has 1 fully saturated rings. The van der Waals surface area contributed by atoms with Crippen LogP contribution in [-0.2, 0) is 22.5 Å². The first kappa shape index (κ1) is 27.9. The van der Waals surface area contributed by atoms with Gasteiger partial charge in [0.2, 0.25) is 0 Å². The van der Waals surface area contributed by atoms with Crippen molar-refractivity contribution in [1.29, 1.82) is 0 Å². The van der Waals surface area contributed by atoms with Crippen LogP contribution in [0.1, 0.15) is 47.9 Å². The Hall–Kier alpha value is -3.67. The quantitative estimate of drug-likeness (QED) is 0.227. The van der Waals surface area contributed by atoms with Crippen LogP contribution < -0.4 is 5.32 Å². The molecule has 2 atom stereocenters. The van der Waals surface area contributed by atoms with Gasteiger partial charge in [-0.3, -0.25) is 29.4 Å². The lowest BCUT2D eigenvalue weighted by Crippen LogP contribution is -2.52. The van der Waals surface area contributed by atoms with Crippen molar-refractivity contribution in [3.63, 3.8) is 0 Å². The van der Waals surface area contributed by atoms with Crippen LogP contribution >= 0.6 is 0 Å². The molecule has 0 aliphatic carbocycles. The summed E-state index contributed by atoms with van der Waals surface area (Å²) in [6.07, 6.45) is 12.6. The van der Waals surface area contributed by atoms with Gasteiger partial charge in [0.05, 0.1) is 35.4 Å².